The summed E-state index contributed by atoms with van der Waals surface area (Å²) in [6.45, 7) is 4.70. The van der Waals surface area contributed by atoms with Gasteiger partial charge in [0, 0.05) is 26.2 Å². The van der Waals surface area contributed by atoms with Crippen LogP contribution in [-0.2, 0) is 14.3 Å². The molecule has 0 aromatic rings. The van der Waals surface area contributed by atoms with Crippen LogP contribution in [0.4, 0.5) is 0 Å². The lowest BCUT2D eigenvalue weighted by atomic mass is 10.2. The van der Waals surface area contributed by atoms with E-state index in [1.165, 1.54) is 0 Å². The monoisotopic (exact) mass is 270 g/mol. The number of rotatable bonds is 3. The van der Waals surface area contributed by atoms with E-state index in [0.717, 1.165) is 25.8 Å². The van der Waals surface area contributed by atoms with Gasteiger partial charge in [-0.05, 0) is 26.2 Å². The molecule has 2 atom stereocenters. The van der Waals surface area contributed by atoms with Crippen molar-refractivity contribution in [1.29, 1.82) is 0 Å². The number of carbonyl (C=O) groups is 2. The number of carbonyl (C=O) groups excluding carboxylic acids is 1. The predicted octanol–water partition coefficient (Wildman–Crippen LogP) is 0.173. The highest BCUT2D eigenvalue weighted by atomic mass is 16.5. The van der Waals surface area contributed by atoms with Crippen molar-refractivity contribution in [3.05, 3.63) is 0 Å². The number of nitrogens with zero attached hydrogens (tertiary/aromatic N) is 2. The summed E-state index contributed by atoms with van der Waals surface area (Å²) in [4.78, 5) is 26.7. The molecule has 1 N–H and O–H groups in total. The van der Waals surface area contributed by atoms with Crippen molar-refractivity contribution in [2.45, 2.75) is 38.4 Å². The van der Waals surface area contributed by atoms with E-state index in [-0.39, 0.29) is 24.7 Å². The molecule has 19 heavy (non-hydrogen) atoms. The second kappa shape index (κ2) is 6.34. The zero-order chi connectivity index (χ0) is 13.8. The largest absolute Gasteiger partial charge is 0.480 e. The highest BCUT2D eigenvalue weighted by Crippen LogP contribution is 2.21. The molecule has 0 saturated carbocycles. The summed E-state index contributed by atoms with van der Waals surface area (Å²) in [5, 5.41) is 8.79. The smallest absolute Gasteiger partial charge is 0.317 e. The van der Waals surface area contributed by atoms with Crippen molar-refractivity contribution in [2.24, 2.45) is 0 Å². The second-order valence-corrected chi connectivity index (χ2v) is 5.36. The summed E-state index contributed by atoms with van der Waals surface area (Å²) in [6, 6.07) is 0. The van der Waals surface area contributed by atoms with Gasteiger partial charge < -0.3 is 14.7 Å². The van der Waals surface area contributed by atoms with Crippen LogP contribution in [0, 0.1) is 0 Å². The fourth-order valence-corrected chi connectivity index (χ4v) is 2.73. The highest BCUT2D eigenvalue weighted by Gasteiger charge is 2.32. The number of hydrogen-bond acceptors (Lipinski definition) is 4. The van der Waals surface area contributed by atoms with E-state index in [1.807, 2.05) is 16.7 Å². The van der Waals surface area contributed by atoms with Crippen molar-refractivity contribution in [3.8, 4) is 0 Å². The number of carboxylic acids is 1. The van der Waals surface area contributed by atoms with Crippen molar-refractivity contribution >= 4 is 11.9 Å². The van der Waals surface area contributed by atoms with Crippen LogP contribution in [0.5, 0.6) is 0 Å². The average Bonchev–Trinajstić information content (AvgIpc) is 2.65. The summed E-state index contributed by atoms with van der Waals surface area (Å²) >= 11 is 0. The fraction of sp³-hybridized carbons (Fsp3) is 0.846. The first-order chi connectivity index (χ1) is 9.06. The molecule has 2 aliphatic heterocycles. The van der Waals surface area contributed by atoms with E-state index >= 15 is 0 Å². The third kappa shape index (κ3) is 3.91. The highest BCUT2D eigenvalue weighted by molar-refractivity contribution is 5.81. The minimum atomic E-state index is -0.812. The standard InChI is InChI=1S/C13H22N2O4/c1-10-3-4-11(19-10)13(18)15-6-2-5-14(7-8-15)9-12(16)17/h10-11H,2-9H2,1H3,(H,16,17). The molecule has 0 spiro atoms. The van der Waals surface area contributed by atoms with Crippen LogP contribution in [0.2, 0.25) is 0 Å². The van der Waals surface area contributed by atoms with Crippen LogP contribution in [0.25, 0.3) is 0 Å². The maximum atomic E-state index is 12.3. The third-order valence-electron chi connectivity index (χ3n) is 3.77. The summed E-state index contributed by atoms with van der Waals surface area (Å²) in [5.41, 5.74) is 0. The third-order valence-corrected chi connectivity index (χ3v) is 3.77. The first kappa shape index (κ1) is 14.3. The predicted molar refractivity (Wildman–Crippen MR) is 68.8 cm³/mol. The molecule has 6 heteroatoms. The molecule has 0 aromatic heterocycles. The van der Waals surface area contributed by atoms with Gasteiger partial charge in [0.25, 0.3) is 5.91 Å². The summed E-state index contributed by atoms with van der Waals surface area (Å²) < 4.78 is 5.61. The molecule has 0 aliphatic carbocycles. The average molecular weight is 270 g/mol. The number of ether oxygens (including phenoxy) is 1. The van der Waals surface area contributed by atoms with E-state index in [2.05, 4.69) is 0 Å². The van der Waals surface area contributed by atoms with Crippen LogP contribution < -0.4 is 0 Å². The maximum Gasteiger partial charge on any atom is 0.317 e. The van der Waals surface area contributed by atoms with Crippen LogP contribution in [-0.4, -0.2) is 71.7 Å². The zero-order valence-corrected chi connectivity index (χ0v) is 11.4. The molecule has 6 nitrogen and oxygen atoms in total. The molecule has 2 fully saturated rings. The van der Waals surface area contributed by atoms with E-state index < -0.39 is 5.97 Å². The van der Waals surface area contributed by atoms with E-state index in [4.69, 9.17) is 9.84 Å². The lowest BCUT2D eigenvalue weighted by Crippen LogP contribution is -2.41. The van der Waals surface area contributed by atoms with Gasteiger partial charge in [0.15, 0.2) is 0 Å². The second-order valence-electron chi connectivity index (χ2n) is 5.36. The Morgan fingerprint density at radius 2 is 2.00 bits per heavy atom. The van der Waals surface area contributed by atoms with Crippen molar-refractivity contribution in [2.75, 3.05) is 32.7 Å². The Bertz CT molecular complexity index is 348. The van der Waals surface area contributed by atoms with Crippen molar-refractivity contribution in [3.63, 3.8) is 0 Å². The number of hydrogen-bond donors (Lipinski definition) is 1. The molecule has 108 valence electrons. The maximum absolute atomic E-state index is 12.3. The molecule has 2 unspecified atom stereocenters. The number of carboxylic acid groups (broad SMARTS) is 1. The van der Waals surface area contributed by atoms with Crippen LogP contribution >= 0.6 is 0 Å². The molecule has 0 bridgehead atoms. The molecular weight excluding hydrogens is 248 g/mol. The molecule has 2 saturated heterocycles. The number of aliphatic carboxylic acids is 1. The van der Waals surface area contributed by atoms with Crippen LogP contribution in [0.3, 0.4) is 0 Å². The van der Waals surface area contributed by atoms with Crippen molar-refractivity contribution < 1.29 is 19.4 Å². The molecule has 0 radical (unpaired) electrons. The van der Waals surface area contributed by atoms with Crippen LogP contribution in [0.15, 0.2) is 0 Å². The van der Waals surface area contributed by atoms with Gasteiger partial charge >= 0.3 is 5.97 Å². The topological polar surface area (TPSA) is 70.1 Å². The Morgan fingerprint density at radius 3 is 2.63 bits per heavy atom. The molecule has 2 rings (SSSR count). The normalized spacial score (nSPS) is 29.2. The van der Waals surface area contributed by atoms with Gasteiger partial charge in [-0.3, -0.25) is 14.5 Å². The Balaban J connectivity index is 1.85. The zero-order valence-electron chi connectivity index (χ0n) is 11.4. The van der Waals surface area contributed by atoms with Gasteiger partial charge in [-0.15, -0.1) is 0 Å². The molecule has 0 aromatic carbocycles. The Kier molecular flexibility index (Phi) is 4.76. The molecule has 2 heterocycles. The number of amides is 1. The summed E-state index contributed by atoms with van der Waals surface area (Å²) in [6.07, 6.45) is 2.44. The minimum absolute atomic E-state index is 0.0546. The first-order valence-electron chi connectivity index (χ1n) is 6.94. The lowest BCUT2D eigenvalue weighted by Gasteiger charge is -2.24. The van der Waals surface area contributed by atoms with Gasteiger partial charge in [-0.2, -0.15) is 0 Å². The summed E-state index contributed by atoms with van der Waals surface area (Å²) in [5.74, 6) is -0.741. The van der Waals surface area contributed by atoms with Gasteiger partial charge in [0.1, 0.15) is 6.10 Å². The van der Waals surface area contributed by atoms with E-state index in [1.54, 1.807) is 0 Å². The Hall–Kier alpha value is -1.14. The quantitative estimate of drug-likeness (QED) is 0.792. The molecule has 2 aliphatic rings. The van der Waals surface area contributed by atoms with Gasteiger partial charge in [-0.1, -0.05) is 0 Å². The first-order valence-corrected chi connectivity index (χ1v) is 6.94. The Morgan fingerprint density at radius 1 is 1.21 bits per heavy atom. The lowest BCUT2D eigenvalue weighted by molar-refractivity contribution is -0.142. The van der Waals surface area contributed by atoms with Crippen LogP contribution in [0.1, 0.15) is 26.2 Å². The SMILES string of the molecule is CC1CCC(C(=O)N2CCCN(CC(=O)O)CC2)O1. The van der Waals surface area contributed by atoms with Gasteiger partial charge in [0.05, 0.1) is 12.6 Å². The van der Waals surface area contributed by atoms with E-state index in [0.29, 0.717) is 19.6 Å². The summed E-state index contributed by atoms with van der Waals surface area (Å²) in [7, 11) is 0. The molecular formula is C13H22N2O4. The molecule has 1 amide bonds. The van der Waals surface area contributed by atoms with Gasteiger partial charge in [0.2, 0.25) is 0 Å². The Labute approximate surface area is 113 Å². The van der Waals surface area contributed by atoms with Crippen molar-refractivity contribution in [1.82, 2.24) is 9.80 Å². The fourth-order valence-electron chi connectivity index (χ4n) is 2.73. The van der Waals surface area contributed by atoms with Gasteiger partial charge in [-0.25, -0.2) is 0 Å². The van der Waals surface area contributed by atoms with E-state index in [9.17, 15) is 9.59 Å². The minimum Gasteiger partial charge on any atom is -0.480 e.